The van der Waals surface area contributed by atoms with Crippen molar-refractivity contribution in [1.29, 1.82) is 0 Å². The molecule has 0 unspecified atom stereocenters. The van der Waals surface area contributed by atoms with E-state index in [0.29, 0.717) is 12.2 Å². The number of amides is 2. The molecule has 2 N–H and O–H groups in total. The minimum Gasteiger partial charge on any atom is -0.394 e. The summed E-state index contributed by atoms with van der Waals surface area (Å²) in [5.41, 5.74) is 0.623. The second-order valence-electron chi connectivity index (χ2n) is 4.94. The quantitative estimate of drug-likeness (QED) is 0.904. The summed E-state index contributed by atoms with van der Waals surface area (Å²) < 4.78 is 1.63. The minimum absolute atomic E-state index is 0.00575. The molecule has 3 rings (SSSR count). The number of aliphatic hydroxyl groups is 1. The molecule has 112 valence electrons. The van der Waals surface area contributed by atoms with Crippen molar-refractivity contribution in [3.05, 3.63) is 24.0 Å². The van der Waals surface area contributed by atoms with Crippen LogP contribution in [0.2, 0.25) is 0 Å². The molecule has 8 heteroatoms. The first kappa shape index (κ1) is 14.0. The van der Waals surface area contributed by atoms with E-state index in [1.54, 1.807) is 28.2 Å². The molecule has 1 atom stereocenters. The maximum atomic E-state index is 12.3. The van der Waals surface area contributed by atoms with Crippen molar-refractivity contribution in [2.45, 2.75) is 25.3 Å². The van der Waals surface area contributed by atoms with E-state index in [-0.39, 0.29) is 18.7 Å². The number of nitrogens with one attached hydrogen (secondary N) is 1. The molecule has 0 radical (unpaired) electrons. The van der Waals surface area contributed by atoms with Crippen molar-refractivity contribution in [3.63, 3.8) is 0 Å². The van der Waals surface area contributed by atoms with E-state index in [0.717, 1.165) is 24.4 Å². The number of piperidine rings is 1. The fraction of sp³-hybridized carbons (Fsp3) is 0.462. The molecule has 2 amide bonds. The lowest BCUT2D eigenvalue weighted by Gasteiger charge is -2.34. The van der Waals surface area contributed by atoms with Gasteiger partial charge in [-0.25, -0.2) is 14.5 Å². The number of urea groups is 1. The molecular weight excluding hydrogens is 290 g/mol. The Balaban J connectivity index is 1.67. The molecule has 0 saturated carbocycles. The maximum absolute atomic E-state index is 12.3. The Morgan fingerprint density at radius 2 is 2.43 bits per heavy atom. The molecule has 0 aromatic carbocycles. The lowest BCUT2D eigenvalue weighted by atomic mass is 10.0. The first-order chi connectivity index (χ1) is 10.3. The Morgan fingerprint density at radius 3 is 3.19 bits per heavy atom. The number of nitrogens with zero attached hydrogens (tertiary/aromatic N) is 4. The number of rotatable bonds is 3. The van der Waals surface area contributed by atoms with Crippen LogP contribution in [0.3, 0.4) is 0 Å². The second kappa shape index (κ2) is 6.23. The predicted octanol–water partition coefficient (Wildman–Crippen LogP) is 1.71. The molecular formula is C13H17N5O2S. The zero-order chi connectivity index (χ0) is 14.7. The smallest absolute Gasteiger partial charge is 0.322 e. The third kappa shape index (κ3) is 3.06. The number of carbonyl (C=O) groups is 1. The average molecular weight is 307 g/mol. The zero-order valence-electron chi connectivity index (χ0n) is 11.5. The van der Waals surface area contributed by atoms with Crippen molar-refractivity contribution in [3.8, 4) is 5.13 Å². The lowest BCUT2D eigenvalue weighted by molar-refractivity contribution is 0.115. The molecule has 1 aliphatic rings. The predicted molar refractivity (Wildman–Crippen MR) is 79.7 cm³/mol. The SMILES string of the molecule is O=C(Nc1cnn(-c2nccs2)c1)N1CCCC[C@H]1CO. The van der Waals surface area contributed by atoms with Gasteiger partial charge in [-0.2, -0.15) is 5.10 Å². The van der Waals surface area contributed by atoms with E-state index in [1.165, 1.54) is 11.3 Å². The molecule has 0 spiro atoms. The van der Waals surface area contributed by atoms with Crippen LogP contribution >= 0.6 is 11.3 Å². The summed E-state index contributed by atoms with van der Waals surface area (Å²) >= 11 is 1.47. The monoisotopic (exact) mass is 307 g/mol. The average Bonchev–Trinajstić information content (AvgIpc) is 3.17. The summed E-state index contributed by atoms with van der Waals surface area (Å²) in [4.78, 5) is 18.1. The largest absolute Gasteiger partial charge is 0.394 e. The topological polar surface area (TPSA) is 83.3 Å². The third-order valence-electron chi connectivity index (χ3n) is 3.55. The van der Waals surface area contributed by atoms with Crippen LogP contribution in [0.1, 0.15) is 19.3 Å². The summed E-state index contributed by atoms with van der Waals surface area (Å²) in [5.74, 6) is 0. The fourth-order valence-corrected chi connectivity index (χ4v) is 3.05. The molecule has 0 bridgehead atoms. The van der Waals surface area contributed by atoms with Crippen LogP contribution < -0.4 is 5.32 Å². The summed E-state index contributed by atoms with van der Waals surface area (Å²) in [6.07, 6.45) is 7.91. The standard InChI is InChI=1S/C13H17N5O2S/c19-9-11-3-1-2-5-17(11)12(20)16-10-7-15-18(8-10)13-14-4-6-21-13/h4,6-8,11,19H,1-3,5,9H2,(H,16,20)/t11-/m0/s1. The van der Waals surface area contributed by atoms with Gasteiger partial charge in [-0.3, -0.25) is 0 Å². The molecule has 2 aromatic heterocycles. The normalized spacial score (nSPS) is 18.7. The number of likely N-dealkylation sites (tertiary alicyclic amines) is 1. The number of aromatic nitrogens is 3. The molecule has 2 aromatic rings. The number of aliphatic hydroxyl groups excluding tert-OH is 1. The van der Waals surface area contributed by atoms with Gasteiger partial charge < -0.3 is 15.3 Å². The van der Waals surface area contributed by atoms with Gasteiger partial charge in [0.2, 0.25) is 5.13 Å². The van der Waals surface area contributed by atoms with Crippen LogP contribution in [0.15, 0.2) is 24.0 Å². The van der Waals surface area contributed by atoms with Crippen LogP contribution in [-0.2, 0) is 0 Å². The maximum Gasteiger partial charge on any atom is 0.322 e. The highest BCUT2D eigenvalue weighted by Crippen LogP contribution is 2.19. The van der Waals surface area contributed by atoms with Crippen LogP contribution in [-0.4, -0.2) is 50.0 Å². The van der Waals surface area contributed by atoms with E-state index in [1.807, 2.05) is 5.38 Å². The molecule has 1 aliphatic heterocycles. The van der Waals surface area contributed by atoms with Gasteiger partial charge in [0.15, 0.2) is 0 Å². The summed E-state index contributed by atoms with van der Waals surface area (Å²) in [6, 6.07) is -0.278. The highest BCUT2D eigenvalue weighted by molar-refractivity contribution is 7.12. The lowest BCUT2D eigenvalue weighted by Crippen LogP contribution is -2.47. The summed E-state index contributed by atoms with van der Waals surface area (Å²) in [6.45, 7) is 0.684. The number of carbonyl (C=O) groups excluding carboxylic acids is 1. The molecule has 3 heterocycles. The van der Waals surface area contributed by atoms with Gasteiger partial charge in [0.1, 0.15) is 0 Å². The fourth-order valence-electron chi connectivity index (χ4n) is 2.47. The highest BCUT2D eigenvalue weighted by Gasteiger charge is 2.26. The van der Waals surface area contributed by atoms with Crippen molar-refractivity contribution < 1.29 is 9.90 Å². The number of hydrogen-bond acceptors (Lipinski definition) is 5. The minimum atomic E-state index is -0.188. The van der Waals surface area contributed by atoms with Crippen LogP contribution in [0.5, 0.6) is 0 Å². The molecule has 1 saturated heterocycles. The van der Waals surface area contributed by atoms with E-state index in [4.69, 9.17) is 0 Å². The Kier molecular flexibility index (Phi) is 4.16. The highest BCUT2D eigenvalue weighted by atomic mass is 32.1. The van der Waals surface area contributed by atoms with Gasteiger partial charge in [-0.1, -0.05) is 0 Å². The van der Waals surface area contributed by atoms with Crippen molar-refractivity contribution in [2.75, 3.05) is 18.5 Å². The van der Waals surface area contributed by atoms with E-state index in [2.05, 4.69) is 15.4 Å². The number of thiazole rings is 1. The van der Waals surface area contributed by atoms with Crippen molar-refractivity contribution in [1.82, 2.24) is 19.7 Å². The van der Waals surface area contributed by atoms with Gasteiger partial charge in [0.05, 0.1) is 30.7 Å². The third-order valence-corrected chi connectivity index (χ3v) is 4.31. The Labute approximate surface area is 126 Å². The van der Waals surface area contributed by atoms with E-state index < -0.39 is 0 Å². The molecule has 0 aliphatic carbocycles. The van der Waals surface area contributed by atoms with Crippen molar-refractivity contribution >= 4 is 23.1 Å². The van der Waals surface area contributed by atoms with Gasteiger partial charge in [0, 0.05) is 18.1 Å². The Bertz CT molecular complexity index is 597. The van der Waals surface area contributed by atoms with E-state index in [9.17, 15) is 9.90 Å². The summed E-state index contributed by atoms with van der Waals surface area (Å²) in [7, 11) is 0. The van der Waals surface area contributed by atoms with Gasteiger partial charge in [-0.15, -0.1) is 11.3 Å². The number of hydrogen-bond donors (Lipinski definition) is 2. The zero-order valence-corrected chi connectivity index (χ0v) is 12.3. The second-order valence-corrected chi connectivity index (χ2v) is 5.82. The van der Waals surface area contributed by atoms with E-state index >= 15 is 0 Å². The molecule has 1 fully saturated rings. The van der Waals surface area contributed by atoms with Gasteiger partial charge >= 0.3 is 6.03 Å². The van der Waals surface area contributed by atoms with Crippen LogP contribution in [0.4, 0.5) is 10.5 Å². The van der Waals surface area contributed by atoms with Crippen LogP contribution in [0.25, 0.3) is 5.13 Å². The Hall–Kier alpha value is -1.93. The molecule has 21 heavy (non-hydrogen) atoms. The molecule has 7 nitrogen and oxygen atoms in total. The number of anilines is 1. The van der Waals surface area contributed by atoms with Gasteiger partial charge in [0.25, 0.3) is 0 Å². The first-order valence-corrected chi connectivity index (χ1v) is 7.79. The van der Waals surface area contributed by atoms with Gasteiger partial charge in [-0.05, 0) is 19.3 Å². The van der Waals surface area contributed by atoms with Crippen LogP contribution in [0, 0.1) is 0 Å². The summed E-state index contributed by atoms with van der Waals surface area (Å²) in [5, 5.41) is 19.0. The van der Waals surface area contributed by atoms with Crippen molar-refractivity contribution in [2.24, 2.45) is 0 Å². The Morgan fingerprint density at radius 1 is 1.52 bits per heavy atom. The first-order valence-electron chi connectivity index (χ1n) is 6.91.